The Morgan fingerprint density at radius 1 is 1.42 bits per heavy atom. The maximum absolute atomic E-state index is 13.9. The molecule has 0 fully saturated rings. The van der Waals surface area contributed by atoms with Crippen molar-refractivity contribution in [3.63, 3.8) is 0 Å². The third-order valence-electron chi connectivity index (χ3n) is 5.21. The van der Waals surface area contributed by atoms with E-state index in [1.165, 1.54) is 17.0 Å². The SMILES string of the molecule is C[C@@H](Oc1c(N)ncc2c(C3=CCN(C(=O)O)CC3)coc12)c1c(Cl)ccc(F)c1Cl. The van der Waals surface area contributed by atoms with Crippen molar-refractivity contribution >= 4 is 51.7 Å². The number of fused-ring (bicyclic) bond motifs is 1. The second-order valence-electron chi connectivity index (χ2n) is 7.09. The van der Waals surface area contributed by atoms with Crippen molar-refractivity contribution in [3.05, 3.63) is 57.7 Å². The molecule has 0 saturated carbocycles. The summed E-state index contributed by atoms with van der Waals surface area (Å²) in [4.78, 5) is 16.7. The van der Waals surface area contributed by atoms with Crippen LogP contribution in [0.2, 0.25) is 10.0 Å². The van der Waals surface area contributed by atoms with Crippen LogP contribution in [-0.2, 0) is 0 Å². The van der Waals surface area contributed by atoms with Crippen LogP contribution in [0, 0.1) is 5.82 Å². The topological polar surface area (TPSA) is 102 Å². The van der Waals surface area contributed by atoms with Crippen molar-refractivity contribution in [1.82, 2.24) is 9.88 Å². The monoisotopic (exact) mass is 465 g/mol. The molecular weight excluding hydrogens is 448 g/mol. The number of rotatable bonds is 4. The number of hydrogen-bond donors (Lipinski definition) is 2. The second-order valence-corrected chi connectivity index (χ2v) is 7.87. The van der Waals surface area contributed by atoms with Gasteiger partial charge in [0, 0.05) is 35.4 Å². The summed E-state index contributed by atoms with van der Waals surface area (Å²) in [5.41, 5.74) is 8.42. The van der Waals surface area contributed by atoms with E-state index in [0.717, 1.165) is 11.1 Å². The number of pyridine rings is 1. The fourth-order valence-electron chi connectivity index (χ4n) is 3.58. The summed E-state index contributed by atoms with van der Waals surface area (Å²) in [6.07, 6.45) is 3.82. The third kappa shape index (κ3) is 3.88. The normalized spacial score (nSPS) is 15.1. The number of ether oxygens (including phenoxy) is 1. The largest absolute Gasteiger partial charge is 0.478 e. The van der Waals surface area contributed by atoms with Gasteiger partial charge in [-0.2, -0.15) is 0 Å². The summed E-state index contributed by atoms with van der Waals surface area (Å²) >= 11 is 12.3. The molecule has 0 radical (unpaired) electrons. The molecule has 3 aromatic rings. The molecule has 4 rings (SSSR count). The number of benzene rings is 1. The number of furan rings is 1. The highest BCUT2D eigenvalue weighted by Crippen LogP contribution is 2.41. The summed E-state index contributed by atoms with van der Waals surface area (Å²) < 4.78 is 25.7. The van der Waals surface area contributed by atoms with Crippen LogP contribution in [0.25, 0.3) is 16.5 Å². The molecule has 10 heteroatoms. The van der Waals surface area contributed by atoms with E-state index < -0.39 is 18.0 Å². The average molecular weight is 466 g/mol. The van der Waals surface area contributed by atoms with Gasteiger partial charge in [0.25, 0.3) is 0 Å². The van der Waals surface area contributed by atoms with E-state index in [9.17, 15) is 9.18 Å². The highest BCUT2D eigenvalue weighted by molar-refractivity contribution is 6.36. The van der Waals surface area contributed by atoms with E-state index in [-0.39, 0.29) is 33.7 Å². The molecule has 1 amide bonds. The number of amides is 1. The number of nitrogen functional groups attached to an aromatic ring is 1. The molecule has 162 valence electrons. The molecule has 0 spiro atoms. The Morgan fingerprint density at radius 3 is 2.87 bits per heavy atom. The summed E-state index contributed by atoms with van der Waals surface area (Å²) in [7, 11) is 0. The maximum Gasteiger partial charge on any atom is 0.407 e. The molecule has 1 aliphatic rings. The van der Waals surface area contributed by atoms with E-state index >= 15 is 0 Å². The van der Waals surface area contributed by atoms with Gasteiger partial charge in [0.1, 0.15) is 11.9 Å². The maximum atomic E-state index is 13.9. The third-order valence-corrected chi connectivity index (χ3v) is 5.92. The minimum Gasteiger partial charge on any atom is -0.478 e. The summed E-state index contributed by atoms with van der Waals surface area (Å²) in [5.74, 6) is -0.324. The Balaban J connectivity index is 1.70. The Hall–Kier alpha value is -2.97. The van der Waals surface area contributed by atoms with Crippen LogP contribution in [0.5, 0.6) is 5.75 Å². The lowest BCUT2D eigenvalue weighted by Gasteiger charge is -2.23. The van der Waals surface area contributed by atoms with Crippen LogP contribution in [0.4, 0.5) is 15.0 Å². The van der Waals surface area contributed by atoms with Gasteiger partial charge < -0.3 is 24.9 Å². The van der Waals surface area contributed by atoms with Crippen molar-refractivity contribution in [2.24, 2.45) is 0 Å². The molecule has 3 N–H and O–H groups in total. The minimum atomic E-state index is -0.957. The lowest BCUT2D eigenvalue weighted by Crippen LogP contribution is -2.33. The van der Waals surface area contributed by atoms with Gasteiger partial charge in [-0.05, 0) is 31.1 Å². The molecule has 1 aromatic carbocycles. The van der Waals surface area contributed by atoms with Gasteiger partial charge >= 0.3 is 6.09 Å². The quantitative estimate of drug-likeness (QED) is 0.474. The molecule has 1 aliphatic heterocycles. The van der Waals surface area contributed by atoms with Crippen LogP contribution in [0.1, 0.15) is 30.6 Å². The van der Waals surface area contributed by atoms with E-state index in [2.05, 4.69) is 4.98 Å². The molecule has 31 heavy (non-hydrogen) atoms. The Kier molecular flexibility index (Phi) is 5.68. The number of nitrogens with two attached hydrogens (primary N) is 1. The van der Waals surface area contributed by atoms with Crippen molar-refractivity contribution in [2.45, 2.75) is 19.4 Å². The van der Waals surface area contributed by atoms with Gasteiger partial charge in [-0.15, -0.1) is 0 Å². The Bertz CT molecular complexity index is 1210. The number of aromatic nitrogens is 1. The molecule has 3 heterocycles. The number of carboxylic acid groups (broad SMARTS) is 1. The zero-order valence-corrected chi connectivity index (χ0v) is 17.9. The van der Waals surface area contributed by atoms with Gasteiger partial charge in [-0.25, -0.2) is 14.2 Å². The molecule has 1 atom stereocenters. The van der Waals surface area contributed by atoms with Crippen LogP contribution < -0.4 is 10.5 Å². The molecule has 0 aliphatic carbocycles. The predicted molar refractivity (Wildman–Crippen MR) is 116 cm³/mol. The molecular formula is C21H18Cl2FN3O4. The van der Waals surface area contributed by atoms with Crippen molar-refractivity contribution < 1.29 is 23.4 Å². The zero-order chi connectivity index (χ0) is 22.3. The fourth-order valence-corrected chi connectivity index (χ4v) is 4.26. The van der Waals surface area contributed by atoms with Crippen LogP contribution in [-0.4, -0.2) is 34.2 Å². The minimum absolute atomic E-state index is 0.0959. The highest BCUT2D eigenvalue weighted by Gasteiger charge is 2.24. The van der Waals surface area contributed by atoms with E-state index in [1.807, 2.05) is 6.08 Å². The van der Waals surface area contributed by atoms with Crippen molar-refractivity contribution in [2.75, 3.05) is 18.8 Å². The van der Waals surface area contributed by atoms with Crippen LogP contribution >= 0.6 is 23.2 Å². The smallest absolute Gasteiger partial charge is 0.407 e. The van der Waals surface area contributed by atoms with Gasteiger partial charge in [0.05, 0.1) is 16.7 Å². The molecule has 0 unspecified atom stereocenters. The van der Waals surface area contributed by atoms with Crippen molar-refractivity contribution in [3.8, 4) is 5.75 Å². The Labute approximate surface area is 186 Å². The average Bonchev–Trinajstić information content (AvgIpc) is 3.17. The van der Waals surface area contributed by atoms with Gasteiger partial charge in [0.15, 0.2) is 11.4 Å². The number of carbonyl (C=O) groups is 1. The van der Waals surface area contributed by atoms with E-state index in [1.54, 1.807) is 19.4 Å². The van der Waals surface area contributed by atoms with E-state index in [0.29, 0.717) is 23.9 Å². The number of anilines is 1. The summed E-state index contributed by atoms with van der Waals surface area (Å²) in [6, 6.07) is 2.58. The first-order chi connectivity index (χ1) is 14.8. The zero-order valence-electron chi connectivity index (χ0n) is 16.4. The molecule has 2 aromatic heterocycles. The van der Waals surface area contributed by atoms with Gasteiger partial charge in [0.2, 0.25) is 5.75 Å². The lowest BCUT2D eigenvalue weighted by molar-refractivity contribution is 0.150. The Morgan fingerprint density at radius 2 is 2.19 bits per heavy atom. The predicted octanol–water partition coefficient (Wildman–Crippen LogP) is 5.76. The first-order valence-corrected chi connectivity index (χ1v) is 10.2. The van der Waals surface area contributed by atoms with Crippen molar-refractivity contribution in [1.29, 1.82) is 0 Å². The first kappa shape index (κ1) is 21.3. The van der Waals surface area contributed by atoms with Gasteiger partial charge in [-0.1, -0.05) is 29.3 Å². The first-order valence-electron chi connectivity index (χ1n) is 9.41. The second kappa shape index (κ2) is 8.28. The van der Waals surface area contributed by atoms with Crippen LogP contribution in [0.15, 0.2) is 35.1 Å². The van der Waals surface area contributed by atoms with Gasteiger partial charge in [-0.3, -0.25) is 0 Å². The number of hydrogen-bond acceptors (Lipinski definition) is 5. The number of nitrogens with zero attached hydrogens (tertiary/aromatic N) is 2. The summed E-state index contributed by atoms with van der Waals surface area (Å²) in [6.45, 7) is 2.34. The van der Waals surface area contributed by atoms with E-state index in [4.69, 9.17) is 43.2 Å². The molecule has 0 saturated heterocycles. The summed E-state index contributed by atoms with van der Waals surface area (Å²) in [5, 5.41) is 9.92. The number of halogens is 3. The standard InChI is InChI=1S/C21H18Cl2FN3O4/c1-10(16-14(22)2-3-15(24)17(16)23)31-19-18-12(8-26-20(19)25)13(9-30-18)11-4-6-27(7-5-11)21(28)29/h2-4,8-10H,5-7H2,1H3,(H2,25,26)(H,28,29)/t10-/m1/s1. The molecule has 7 nitrogen and oxygen atoms in total. The molecule has 0 bridgehead atoms. The van der Waals surface area contributed by atoms with Crippen LogP contribution in [0.3, 0.4) is 0 Å². The highest BCUT2D eigenvalue weighted by atomic mass is 35.5. The lowest BCUT2D eigenvalue weighted by atomic mass is 9.99. The fraction of sp³-hybridized carbons (Fsp3) is 0.238.